The molecule has 0 spiro atoms. The molecule has 88 valence electrons. The molecule has 17 heavy (non-hydrogen) atoms. The second kappa shape index (κ2) is 5.61. The number of nitriles is 1. The van der Waals surface area contributed by atoms with Crippen molar-refractivity contribution in [2.24, 2.45) is 5.73 Å². The molecule has 0 aliphatic heterocycles. The van der Waals surface area contributed by atoms with Crippen LogP contribution in [0.5, 0.6) is 0 Å². The van der Waals surface area contributed by atoms with Gasteiger partial charge in [0.25, 0.3) is 5.69 Å². The van der Waals surface area contributed by atoms with Gasteiger partial charge in [-0.2, -0.15) is 5.26 Å². The molecule has 1 aromatic rings. The lowest BCUT2D eigenvalue weighted by Crippen LogP contribution is -2.10. The van der Waals surface area contributed by atoms with Crippen molar-refractivity contribution >= 4 is 11.6 Å². The van der Waals surface area contributed by atoms with Gasteiger partial charge in [0, 0.05) is 18.6 Å². The largest absolute Gasteiger partial charge is 0.370 e. The molecule has 0 bridgehead atoms. The van der Waals surface area contributed by atoms with Crippen LogP contribution >= 0.6 is 0 Å². The van der Waals surface area contributed by atoms with Crippen molar-refractivity contribution in [3.63, 3.8) is 0 Å². The van der Waals surface area contributed by atoms with E-state index in [4.69, 9.17) is 11.0 Å². The van der Waals surface area contributed by atoms with Gasteiger partial charge >= 0.3 is 0 Å². The zero-order valence-electron chi connectivity index (χ0n) is 9.05. The van der Waals surface area contributed by atoms with Crippen LogP contribution in [0.4, 0.5) is 5.69 Å². The molecule has 0 unspecified atom stereocenters. The number of carbonyl (C=O) groups excluding carboxylic acids is 1. The maximum Gasteiger partial charge on any atom is 0.271 e. The van der Waals surface area contributed by atoms with Crippen LogP contribution in [0.3, 0.4) is 0 Å². The first kappa shape index (κ1) is 12.6. The molecule has 0 fully saturated rings. The van der Waals surface area contributed by atoms with Crippen molar-refractivity contribution in [3.05, 3.63) is 39.4 Å². The molecule has 6 heteroatoms. The highest BCUT2D eigenvalue weighted by Gasteiger charge is 2.09. The molecule has 0 aliphatic carbocycles. The number of nitrogens with two attached hydrogens (primary N) is 1. The van der Waals surface area contributed by atoms with Crippen LogP contribution in [0, 0.1) is 21.4 Å². The molecule has 0 heterocycles. The molecule has 0 aromatic heterocycles. The average molecular weight is 233 g/mol. The number of nitro benzene ring substituents is 1. The predicted molar refractivity (Wildman–Crippen MR) is 59.9 cm³/mol. The standard InChI is InChI=1S/C11H11N3O3/c12-7-9-4-8(2-1-3-11(13)15)5-10(6-9)14(16)17/h4-6H,1-3H2,(H2,13,15). The molecule has 1 amide bonds. The van der Waals surface area contributed by atoms with E-state index in [0.717, 1.165) is 0 Å². The third-order valence-electron chi connectivity index (χ3n) is 2.21. The first-order valence-electron chi connectivity index (χ1n) is 4.99. The number of rotatable bonds is 5. The SMILES string of the molecule is N#Cc1cc(CCCC(N)=O)cc([N+](=O)[O-])c1. The van der Waals surface area contributed by atoms with Gasteiger partial charge in [-0.1, -0.05) is 0 Å². The van der Waals surface area contributed by atoms with E-state index in [0.29, 0.717) is 18.4 Å². The summed E-state index contributed by atoms with van der Waals surface area (Å²) in [5.41, 5.74) is 5.79. The number of benzene rings is 1. The summed E-state index contributed by atoms with van der Waals surface area (Å²) in [4.78, 5) is 20.6. The minimum absolute atomic E-state index is 0.113. The van der Waals surface area contributed by atoms with E-state index < -0.39 is 10.8 Å². The zero-order valence-corrected chi connectivity index (χ0v) is 9.05. The van der Waals surface area contributed by atoms with Crippen LogP contribution in [0.15, 0.2) is 18.2 Å². The van der Waals surface area contributed by atoms with E-state index in [1.807, 2.05) is 6.07 Å². The van der Waals surface area contributed by atoms with Gasteiger partial charge in [0.15, 0.2) is 0 Å². The van der Waals surface area contributed by atoms with Crippen LogP contribution in [0.1, 0.15) is 24.0 Å². The Kier molecular flexibility index (Phi) is 4.17. The fourth-order valence-electron chi connectivity index (χ4n) is 1.46. The Labute approximate surface area is 97.8 Å². The molecular weight excluding hydrogens is 222 g/mol. The molecular formula is C11H11N3O3. The topological polar surface area (TPSA) is 110 Å². The Hall–Kier alpha value is -2.42. The van der Waals surface area contributed by atoms with Gasteiger partial charge in [-0.25, -0.2) is 0 Å². The quantitative estimate of drug-likeness (QED) is 0.609. The van der Waals surface area contributed by atoms with E-state index in [9.17, 15) is 14.9 Å². The zero-order chi connectivity index (χ0) is 12.8. The molecule has 0 atom stereocenters. The number of nitrogens with zero attached hydrogens (tertiary/aromatic N) is 2. The van der Waals surface area contributed by atoms with E-state index in [1.54, 1.807) is 6.07 Å². The van der Waals surface area contributed by atoms with Crippen molar-refractivity contribution in [2.75, 3.05) is 0 Å². The lowest BCUT2D eigenvalue weighted by molar-refractivity contribution is -0.384. The molecule has 2 N–H and O–H groups in total. The number of amides is 1. The fraction of sp³-hybridized carbons (Fsp3) is 0.273. The number of carbonyl (C=O) groups is 1. The Bertz CT molecular complexity index is 491. The molecule has 0 saturated carbocycles. The van der Waals surface area contributed by atoms with Crippen molar-refractivity contribution in [1.82, 2.24) is 0 Å². The monoisotopic (exact) mass is 233 g/mol. The molecule has 0 aliphatic rings. The summed E-state index contributed by atoms with van der Waals surface area (Å²) in [5, 5.41) is 19.4. The number of aryl methyl sites for hydroxylation is 1. The number of primary amides is 1. The van der Waals surface area contributed by atoms with Crippen LogP contribution in [0.25, 0.3) is 0 Å². The summed E-state index contributed by atoms with van der Waals surface area (Å²) >= 11 is 0. The lowest BCUT2D eigenvalue weighted by Gasteiger charge is -2.01. The van der Waals surface area contributed by atoms with Gasteiger partial charge in [0.2, 0.25) is 5.91 Å². The minimum atomic E-state index is -0.543. The summed E-state index contributed by atoms with van der Waals surface area (Å²) in [6.45, 7) is 0. The van der Waals surface area contributed by atoms with Gasteiger partial charge in [0.05, 0.1) is 16.6 Å². The Morgan fingerprint density at radius 1 is 1.47 bits per heavy atom. The summed E-state index contributed by atoms with van der Waals surface area (Å²) in [6, 6.07) is 6.07. The maximum atomic E-state index is 10.6. The third kappa shape index (κ3) is 3.91. The van der Waals surface area contributed by atoms with Crippen molar-refractivity contribution < 1.29 is 9.72 Å². The normalized spacial score (nSPS) is 9.59. The number of nitro groups is 1. The van der Waals surface area contributed by atoms with Crippen LogP contribution in [0.2, 0.25) is 0 Å². The molecule has 0 saturated heterocycles. The highest BCUT2D eigenvalue weighted by atomic mass is 16.6. The third-order valence-corrected chi connectivity index (χ3v) is 2.21. The minimum Gasteiger partial charge on any atom is -0.370 e. The maximum absolute atomic E-state index is 10.6. The Balaban J connectivity index is 2.85. The van der Waals surface area contributed by atoms with E-state index in [2.05, 4.69) is 0 Å². The Morgan fingerprint density at radius 2 is 2.18 bits per heavy atom. The number of hydrogen-bond donors (Lipinski definition) is 1. The van der Waals surface area contributed by atoms with E-state index >= 15 is 0 Å². The first-order valence-corrected chi connectivity index (χ1v) is 4.99. The highest BCUT2D eigenvalue weighted by Crippen LogP contribution is 2.18. The van der Waals surface area contributed by atoms with Crippen LogP contribution in [-0.4, -0.2) is 10.8 Å². The number of hydrogen-bond acceptors (Lipinski definition) is 4. The second-order valence-corrected chi connectivity index (χ2v) is 3.58. The smallest absolute Gasteiger partial charge is 0.271 e. The van der Waals surface area contributed by atoms with Crippen molar-refractivity contribution in [2.45, 2.75) is 19.3 Å². The molecule has 1 rings (SSSR count). The van der Waals surface area contributed by atoms with Gasteiger partial charge in [-0.3, -0.25) is 14.9 Å². The van der Waals surface area contributed by atoms with E-state index in [1.165, 1.54) is 12.1 Å². The van der Waals surface area contributed by atoms with Crippen LogP contribution in [-0.2, 0) is 11.2 Å². The highest BCUT2D eigenvalue weighted by molar-refractivity contribution is 5.73. The van der Waals surface area contributed by atoms with Gasteiger partial charge in [-0.15, -0.1) is 0 Å². The molecule has 0 radical (unpaired) electrons. The average Bonchev–Trinajstić information content (AvgIpc) is 2.28. The first-order chi connectivity index (χ1) is 8.02. The molecule has 6 nitrogen and oxygen atoms in total. The van der Waals surface area contributed by atoms with Gasteiger partial charge in [-0.05, 0) is 24.5 Å². The van der Waals surface area contributed by atoms with Crippen LogP contribution < -0.4 is 5.73 Å². The predicted octanol–water partition coefficient (Wildman–Crippen LogP) is 1.27. The Morgan fingerprint density at radius 3 is 2.71 bits per heavy atom. The summed E-state index contributed by atoms with van der Waals surface area (Å²) in [7, 11) is 0. The second-order valence-electron chi connectivity index (χ2n) is 3.58. The van der Waals surface area contributed by atoms with Crippen molar-refractivity contribution in [3.8, 4) is 6.07 Å². The number of non-ortho nitro benzene ring substituents is 1. The molecule has 1 aromatic carbocycles. The summed E-state index contributed by atoms with van der Waals surface area (Å²) < 4.78 is 0. The summed E-state index contributed by atoms with van der Waals surface area (Å²) in [5.74, 6) is -0.407. The fourth-order valence-corrected chi connectivity index (χ4v) is 1.46. The van der Waals surface area contributed by atoms with Crippen molar-refractivity contribution in [1.29, 1.82) is 5.26 Å². The van der Waals surface area contributed by atoms with Gasteiger partial charge in [0.1, 0.15) is 0 Å². The summed E-state index contributed by atoms with van der Waals surface area (Å²) in [6.07, 6.45) is 1.23. The van der Waals surface area contributed by atoms with E-state index in [-0.39, 0.29) is 17.7 Å². The van der Waals surface area contributed by atoms with Gasteiger partial charge < -0.3 is 5.73 Å². The lowest BCUT2D eigenvalue weighted by atomic mass is 10.0.